The summed E-state index contributed by atoms with van der Waals surface area (Å²) in [6.45, 7) is 7.80. The van der Waals surface area contributed by atoms with Crippen LogP contribution in [0.1, 0.15) is 13.8 Å². The summed E-state index contributed by atoms with van der Waals surface area (Å²) < 4.78 is 24.0. The minimum absolute atomic E-state index is 0.278. The minimum Gasteiger partial charge on any atom is -0.372 e. The second kappa shape index (κ2) is 8.34. The van der Waals surface area contributed by atoms with E-state index in [0.717, 1.165) is 11.1 Å². The smallest absolute Gasteiger partial charge is 0.175 e. The van der Waals surface area contributed by atoms with Crippen molar-refractivity contribution in [3.63, 3.8) is 0 Å². The van der Waals surface area contributed by atoms with Gasteiger partial charge < -0.3 is 5.32 Å². The Hall–Kier alpha value is -2.14. The second-order valence-electron chi connectivity index (χ2n) is 4.90. The molecule has 0 radical (unpaired) electrons. The van der Waals surface area contributed by atoms with Gasteiger partial charge in [-0.25, -0.2) is 8.42 Å². The van der Waals surface area contributed by atoms with E-state index in [1.807, 2.05) is 25.2 Å². The highest BCUT2D eigenvalue weighted by molar-refractivity contribution is 7.94. The molecule has 0 fully saturated rings. The number of hydrogen-bond donors (Lipinski definition) is 1. The number of nitrogens with one attached hydrogen (secondary N) is 1. The molecule has 22 heavy (non-hydrogen) atoms. The molecular formula is C17H22N2O2S. The topological polar surface area (TPSA) is 58.5 Å². The lowest BCUT2D eigenvalue weighted by atomic mass is 10.1. The van der Waals surface area contributed by atoms with E-state index in [1.54, 1.807) is 37.6 Å². The maximum Gasteiger partial charge on any atom is 0.175 e. The van der Waals surface area contributed by atoms with Crippen molar-refractivity contribution in [1.29, 1.82) is 0 Å². The van der Waals surface area contributed by atoms with Crippen molar-refractivity contribution >= 4 is 16.1 Å². The van der Waals surface area contributed by atoms with Crippen LogP contribution in [0.2, 0.25) is 0 Å². The van der Waals surface area contributed by atoms with E-state index >= 15 is 0 Å². The molecule has 1 aliphatic rings. The zero-order chi connectivity index (χ0) is 16.6. The van der Waals surface area contributed by atoms with Gasteiger partial charge in [-0.05, 0) is 48.9 Å². The number of sulfone groups is 1. The summed E-state index contributed by atoms with van der Waals surface area (Å²) in [5.41, 5.74) is 2.49. The van der Waals surface area contributed by atoms with E-state index < -0.39 is 9.84 Å². The molecule has 0 spiro atoms. The van der Waals surface area contributed by atoms with Gasteiger partial charge in [0.15, 0.2) is 9.84 Å². The fourth-order valence-corrected chi connectivity index (χ4v) is 2.84. The summed E-state index contributed by atoms with van der Waals surface area (Å²) in [5.74, 6) is 0. The van der Waals surface area contributed by atoms with Crippen molar-refractivity contribution in [2.75, 3.05) is 12.9 Å². The van der Waals surface area contributed by atoms with Crippen LogP contribution in [0.15, 0.2) is 75.9 Å². The van der Waals surface area contributed by atoms with Crippen LogP contribution < -0.4 is 5.32 Å². The fourth-order valence-electron chi connectivity index (χ4n) is 1.84. The molecule has 1 aliphatic heterocycles. The molecule has 0 aromatic rings. The van der Waals surface area contributed by atoms with E-state index in [4.69, 9.17) is 0 Å². The standard InChI is InChI=1S/C17H22N2O2S/c1-5-6-7-17(22(4,20)21)15(3)16-9-8-14(2)12-19-13-18-11-10-16/h5-12,18H,1,13H2,2-4H3/b7-6-,11-10-,14-8+,16-9+,17-15-,19-12-. The van der Waals surface area contributed by atoms with Gasteiger partial charge in [0, 0.05) is 12.5 Å². The summed E-state index contributed by atoms with van der Waals surface area (Å²) in [6.07, 6.45) is 15.1. The van der Waals surface area contributed by atoms with Gasteiger partial charge in [-0.1, -0.05) is 30.9 Å². The Balaban J connectivity index is 3.45. The third-order valence-electron chi connectivity index (χ3n) is 2.97. The van der Waals surface area contributed by atoms with Gasteiger partial charge in [-0.2, -0.15) is 0 Å². The van der Waals surface area contributed by atoms with Crippen molar-refractivity contribution in [1.82, 2.24) is 5.32 Å². The second-order valence-corrected chi connectivity index (χ2v) is 6.88. The molecule has 4 nitrogen and oxygen atoms in total. The predicted molar refractivity (Wildman–Crippen MR) is 94.4 cm³/mol. The third-order valence-corrected chi connectivity index (χ3v) is 4.21. The Morgan fingerprint density at radius 3 is 2.77 bits per heavy atom. The van der Waals surface area contributed by atoms with Gasteiger partial charge in [0.2, 0.25) is 0 Å². The monoisotopic (exact) mass is 318 g/mol. The number of nitrogens with zero attached hydrogens (tertiary/aromatic N) is 1. The number of hydrogen-bond acceptors (Lipinski definition) is 4. The first-order valence-corrected chi connectivity index (χ1v) is 8.74. The molecule has 1 heterocycles. The molecule has 0 atom stereocenters. The predicted octanol–water partition coefficient (Wildman–Crippen LogP) is 3.07. The average molecular weight is 318 g/mol. The largest absolute Gasteiger partial charge is 0.372 e. The third kappa shape index (κ3) is 5.69. The highest BCUT2D eigenvalue weighted by Gasteiger charge is 2.13. The maximum absolute atomic E-state index is 12.0. The lowest BCUT2D eigenvalue weighted by Gasteiger charge is -2.09. The fraction of sp³-hybridized carbons (Fsp3) is 0.235. The highest BCUT2D eigenvalue weighted by Crippen LogP contribution is 2.21. The van der Waals surface area contributed by atoms with Gasteiger partial charge in [0.25, 0.3) is 0 Å². The Bertz CT molecular complexity index is 703. The van der Waals surface area contributed by atoms with Gasteiger partial charge in [-0.15, -0.1) is 0 Å². The zero-order valence-corrected chi connectivity index (χ0v) is 14.0. The molecule has 0 aromatic heterocycles. The van der Waals surface area contributed by atoms with E-state index in [0.29, 0.717) is 12.2 Å². The zero-order valence-electron chi connectivity index (χ0n) is 13.2. The summed E-state index contributed by atoms with van der Waals surface area (Å²) in [5, 5.41) is 3.03. The Morgan fingerprint density at radius 1 is 1.41 bits per heavy atom. The Morgan fingerprint density at radius 2 is 2.14 bits per heavy atom. The van der Waals surface area contributed by atoms with E-state index in [9.17, 15) is 8.42 Å². The molecule has 0 aliphatic carbocycles. The molecule has 1 N–H and O–H groups in total. The SMILES string of the molecule is C=C\C=C/C(=C(C)/C1=C/C=C(C)/C=N\CN/C=C\1)S(C)(=O)=O. The van der Waals surface area contributed by atoms with E-state index in [-0.39, 0.29) is 4.91 Å². The van der Waals surface area contributed by atoms with Crippen LogP contribution in [0.5, 0.6) is 0 Å². The Labute approximate surface area is 133 Å². The minimum atomic E-state index is -3.33. The molecule has 118 valence electrons. The quantitative estimate of drug-likeness (QED) is 0.811. The van der Waals surface area contributed by atoms with Crippen LogP contribution in [0.4, 0.5) is 0 Å². The number of allylic oxidation sites excluding steroid dienone is 9. The summed E-state index contributed by atoms with van der Waals surface area (Å²) >= 11 is 0. The molecule has 0 amide bonds. The number of aliphatic imine (C=N–C) groups is 1. The van der Waals surface area contributed by atoms with Crippen molar-refractivity contribution in [3.8, 4) is 0 Å². The Kier molecular flexibility index (Phi) is 6.79. The normalized spacial score (nSPS) is 25.0. The van der Waals surface area contributed by atoms with E-state index in [1.165, 1.54) is 6.26 Å². The number of rotatable bonds is 4. The lowest BCUT2D eigenvalue weighted by molar-refractivity contribution is 0.608. The highest BCUT2D eigenvalue weighted by atomic mass is 32.2. The maximum atomic E-state index is 12.0. The van der Waals surface area contributed by atoms with Gasteiger partial charge in [-0.3, -0.25) is 4.99 Å². The first kappa shape index (κ1) is 17.9. The van der Waals surface area contributed by atoms with Crippen LogP contribution in [0, 0.1) is 0 Å². The summed E-state index contributed by atoms with van der Waals surface area (Å²) in [4.78, 5) is 4.46. The molecular weight excluding hydrogens is 296 g/mol. The lowest BCUT2D eigenvalue weighted by Crippen LogP contribution is -2.06. The summed E-state index contributed by atoms with van der Waals surface area (Å²) in [7, 11) is -3.33. The van der Waals surface area contributed by atoms with Gasteiger partial charge in [0.1, 0.15) is 6.67 Å². The first-order valence-electron chi connectivity index (χ1n) is 6.85. The van der Waals surface area contributed by atoms with Crippen molar-refractivity contribution < 1.29 is 8.42 Å². The van der Waals surface area contributed by atoms with Crippen LogP contribution in [-0.4, -0.2) is 27.6 Å². The van der Waals surface area contributed by atoms with Crippen molar-refractivity contribution in [3.05, 3.63) is 70.9 Å². The van der Waals surface area contributed by atoms with Gasteiger partial charge in [0.05, 0.1) is 4.91 Å². The van der Waals surface area contributed by atoms with Crippen molar-refractivity contribution in [2.45, 2.75) is 13.8 Å². The van der Waals surface area contributed by atoms with Crippen LogP contribution in [-0.2, 0) is 9.84 Å². The van der Waals surface area contributed by atoms with Crippen molar-refractivity contribution in [2.24, 2.45) is 4.99 Å². The summed E-state index contributed by atoms with van der Waals surface area (Å²) in [6, 6.07) is 0. The van der Waals surface area contributed by atoms with Crippen LogP contribution in [0.3, 0.4) is 0 Å². The molecule has 0 bridgehead atoms. The first-order chi connectivity index (χ1) is 10.4. The average Bonchev–Trinajstić information content (AvgIpc) is 2.44. The van der Waals surface area contributed by atoms with Gasteiger partial charge >= 0.3 is 0 Å². The molecule has 0 saturated carbocycles. The van der Waals surface area contributed by atoms with E-state index in [2.05, 4.69) is 16.9 Å². The molecule has 5 heteroatoms. The molecule has 0 aromatic carbocycles. The molecule has 0 unspecified atom stereocenters. The van der Waals surface area contributed by atoms with Crippen LogP contribution >= 0.6 is 0 Å². The van der Waals surface area contributed by atoms with Crippen LogP contribution in [0.25, 0.3) is 0 Å². The molecule has 1 rings (SSSR count). The molecule has 0 saturated heterocycles.